The average molecular weight is 177 g/mol. The van der Waals surface area contributed by atoms with Crippen molar-refractivity contribution in [3.63, 3.8) is 0 Å². The van der Waals surface area contributed by atoms with Gasteiger partial charge in [0.25, 0.3) is 0 Å². The van der Waals surface area contributed by atoms with E-state index in [0.717, 1.165) is 17.4 Å². The van der Waals surface area contributed by atoms with Crippen LogP contribution in [-0.2, 0) is 0 Å². The fourth-order valence-electron chi connectivity index (χ4n) is 1.51. The van der Waals surface area contributed by atoms with Gasteiger partial charge in [0.05, 0.1) is 0 Å². The smallest absolute Gasteiger partial charge is 0.222 e. The summed E-state index contributed by atoms with van der Waals surface area (Å²) in [5.74, 6) is 1.61. The highest BCUT2D eigenvalue weighted by Crippen LogP contribution is 2.35. The molecule has 0 saturated heterocycles. The van der Waals surface area contributed by atoms with E-state index in [1.165, 1.54) is 12.8 Å². The largest absolute Gasteiger partial charge is 0.351 e. The highest BCUT2D eigenvalue weighted by molar-refractivity contribution is 5.29. The zero-order valence-electron chi connectivity index (χ0n) is 8.12. The second-order valence-electron chi connectivity index (χ2n) is 3.74. The summed E-state index contributed by atoms with van der Waals surface area (Å²) in [5.41, 5.74) is 1.10. The standard InChI is InChI=1S/C10H15N3/c1-3-8-4-9(8)13-10-11-5-7(2)6-12-10/h5-6,8-9H,3-4H2,1-2H3,(H,11,12,13). The van der Waals surface area contributed by atoms with Gasteiger partial charge in [-0.15, -0.1) is 0 Å². The van der Waals surface area contributed by atoms with E-state index < -0.39 is 0 Å². The van der Waals surface area contributed by atoms with E-state index in [2.05, 4.69) is 22.2 Å². The lowest BCUT2D eigenvalue weighted by Gasteiger charge is -2.02. The van der Waals surface area contributed by atoms with Gasteiger partial charge in [0.1, 0.15) is 0 Å². The van der Waals surface area contributed by atoms with Crippen molar-refractivity contribution in [3.8, 4) is 0 Å². The predicted octanol–water partition coefficient (Wildman–Crippen LogP) is 2.00. The number of nitrogens with zero attached hydrogens (tertiary/aromatic N) is 2. The van der Waals surface area contributed by atoms with Crippen molar-refractivity contribution in [2.75, 3.05) is 5.32 Å². The van der Waals surface area contributed by atoms with Crippen LogP contribution in [0.1, 0.15) is 25.3 Å². The number of rotatable bonds is 3. The van der Waals surface area contributed by atoms with Gasteiger partial charge in [-0.05, 0) is 24.8 Å². The molecule has 2 rings (SSSR count). The molecule has 1 heterocycles. The normalized spacial score (nSPS) is 25.7. The molecular formula is C10H15N3. The van der Waals surface area contributed by atoms with Crippen LogP contribution in [0.2, 0.25) is 0 Å². The summed E-state index contributed by atoms with van der Waals surface area (Å²) >= 11 is 0. The van der Waals surface area contributed by atoms with Crippen LogP contribution >= 0.6 is 0 Å². The molecule has 3 heteroatoms. The lowest BCUT2D eigenvalue weighted by molar-refractivity contribution is 0.771. The lowest BCUT2D eigenvalue weighted by atomic mass is 10.3. The third-order valence-corrected chi connectivity index (χ3v) is 2.54. The number of aromatic nitrogens is 2. The Balaban J connectivity index is 1.92. The number of anilines is 1. The summed E-state index contributed by atoms with van der Waals surface area (Å²) in [5, 5.41) is 3.32. The number of nitrogens with one attached hydrogen (secondary N) is 1. The average Bonchev–Trinajstić information content (AvgIpc) is 2.88. The molecule has 0 bridgehead atoms. The molecule has 1 aromatic rings. The van der Waals surface area contributed by atoms with Crippen LogP contribution in [0.5, 0.6) is 0 Å². The molecule has 70 valence electrons. The van der Waals surface area contributed by atoms with E-state index >= 15 is 0 Å². The van der Waals surface area contributed by atoms with Gasteiger partial charge in [-0.25, -0.2) is 9.97 Å². The molecule has 0 spiro atoms. The summed E-state index contributed by atoms with van der Waals surface area (Å²) < 4.78 is 0. The Kier molecular flexibility index (Phi) is 2.17. The molecule has 13 heavy (non-hydrogen) atoms. The van der Waals surface area contributed by atoms with Crippen molar-refractivity contribution >= 4 is 5.95 Å². The SMILES string of the molecule is CCC1CC1Nc1ncc(C)cn1. The van der Waals surface area contributed by atoms with Gasteiger partial charge in [-0.3, -0.25) is 0 Å². The van der Waals surface area contributed by atoms with Crippen molar-refractivity contribution in [2.24, 2.45) is 5.92 Å². The molecule has 2 unspecified atom stereocenters. The predicted molar refractivity (Wildman–Crippen MR) is 52.6 cm³/mol. The third-order valence-electron chi connectivity index (χ3n) is 2.54. The first-order valence-corrected chi connectivity index (χ1v) is 4.84. The number of hydrogen-bond donors (Lipinski definition) is 1. The molecule has 0 amide bonds. The van der Waals surface area contributed by atoms with Crippen molar-refractivity contribution in [2.45, 2.75) is 32.7 Å². The second kappa shape index (κ2) is 3.32. The van der Waals surface area contributed by atoms with Crippen molar-refractivity contribution in [1.29, 1.82) is 0 Å². The zero-order chi connectivity index (χ0) is 9.26. The van der Waals surface area contributed by atoms with Gasteiger partial charge in [-0.1, -0.05) is 13.3 Å². The first-order valence-electron chi connectivity index (χ1n) is 4.84. The van der Waals surface area contributed by atoms with E-state index in [1.807, 2.05) is 19.3 Å². The van der Waals surface area contributed by atoms with Crippen LogP contribution in [0, 0.1) is 12.8 Å². The zero-order valence-corrected chi connectivity index (χ0v) is 8.12. The van der Waals surface area contributed by atoms with Crippen LogP contribution in [-0.4, -0.2) is 16.0 Å². The molecule has 0 aromatic carbocycles. The van der Waals surface area contributed by atoms with Crippen LogP contribution in [0.15, 0.2) is 12.4 Å². The molecule has 1 fully saturated rings. The van der Waals surface area contributed by atoms with E-state index in [-0.39, 0.29) is 0 Å². The Morgan fingerprint density at radius 3 is 2.69 bits per heavy atom. The van der Waals surface area contributed by atoms with Crippen LogP contribution in [0.3, 0.4) is 0 Å². The fraction of sp³-hybridized carbons (Fsp3) is 0.600. The number of hydrogen-bond acceptors (Lipinski definition) is 3. The first-order chi connectivity index (χ1) is 6.29. The van der Waals surface area contributed by atoms with E-state index in [0.29, 0.717) is 6.04 Å². The summed E-state index contributed by atoms with van der Waals surface area (Å²) in [7, 11) is 0. The Bertz CT molecular complexity index is 281. The van der Waals surface area contributed by atoms with Gasteiger partial charge in [-0.2, -0.15) is 0 Å². The van der Waals surface area contributed by atoms with E-state index in [9.17, 15) is 0 Å². The lowest BCUT2D eigenvalue weighted by Crippen LogP contribution is -2.07. The molecule has 0 radical (unpaired) electrons. The molecule has 1 saturated carbocycles. The third kappa shape index (κ3) is 1.97. The van der Waals surface area contributed by atoms with Gasteiger partial charge in [0, 0.05) is 18.4 Å². The summed E-state index contributed by atoms with van der Waals surface area (Å²) in [4.78, 5) is 8.41. The molecule has 2 atom stereocenters. The molecule has 0 aliphatic heterocycles. The summed E-state index contributed by atoms with van der Waals surface area (Å²) in [6.07, 6.45) is 6.22. The Morgan fingerprint density at radius 2 is 2.15 bits per heavy atom. The maximum absolute atomic E-state index is 4.20. The van der Waals surface area contributed by atoms with Gasteiger partial charge < -0.3 is 5.32 Å². The van der Waals surface area contributed by atoms with E-state index in [4.69, 9.17) is 0 Å². The molecule has 1 aliphatic carbocycles. The first kappa shape index (κ1) is 8.48. The highest BCUT2D eigenvalue weighted by atomic mass is 15.1. The Morgan fingerprint density at radius 1 is 1.46 bits per heavy atom. The van der Waals surface area contributed by atoms with Gasteiger partial charge in [0.15, 0.2) is 0 Å². The maximum atomic E-state index is 4.20. The maximum Gasteiger partial charge on any atom is 0.222 e. The van der Waals surface area contributed by atoms with Crippen LogP contribution in [0.25, 0.3) is 0 Å². The monoisotopic (exact) mass is 177 g/mol. The van der Waals surface area contributed by atoms with E-state index in [1.54, 1.807) is 0 Å². The van der Waals surface area contributed by atoms with Gasteiger partial charge in [0.2, 0.25) is 5.95 Å². The van der Waals surface area contributed by atoms with Crippen molar-refractivity contribution < 1.29 is 0 Å². The summed E-state index contributed by atoms with van der Waals surface area (Å²) in [6.45, 7) is 4.22. The summed E-state index contributed by atoms with van der Waals surface area (Å²) in [6, 6.07) is 0.618. The van der Waals surface area contributed by atoms with Gasteiger partial charge >= 0.3 is 0 Å². The molecule has 1 aliphatic rings. The van der Waals surface area contributed by atoms with Crippen LogP contribution in [0.4, 0.5) is 5.95 Å². The molecular weight excluding hydrogens is 162 g/mol. The Hall–Kier alpha value is -1.12. The highest BCUT2D eigenvalue weighted by Gasteiger charge is 2.35. The minimum absolute atomic E-state index is 0.618. The topological polar surface area (TPSA) is 37.8 Å². The minimum atomic E-state index is 0.618. The minimum Gasteiger partial charge on any atom is -0.351 e. The number of aryl methyl sites for hydroxylation is 1. The quantitative estimate of drug-likeness (QED) is 0.767. The fourth-order valence-corrected chi connectivity index (χ4v) is 1.51. The molecule has 1 N–H and O–H groups in total. The van der Waals surface area contributed by atoms with Crippen molar-refractivity contribution in [1.82, 2.24) is 9.97 Å². The Labute approximate surface area is 78.6 Å². The molecule has 3 nitrogen and oxygen atoms in total. The van der Waals surface area contributed by atoms with Crippen LogP contribution < -0.4 is 5.32 Å². The van der Waals surface area contributed by atoms with Crippen molar-refractivity contribution in [3.05, 3.63) is 18.0 Å². The second-order valence-corrected chi connectivity index (χ2v) is 3.74. The molecule has 1 aromatic heterocycles.